The zero-order chi connectivity index (χ0) is 35.7. The fourth-order valence-corrected chi connectivity index (χ4v) is 6.77. The number of hydrogen-bond acceptors (Lipinski definition) is 10. The number of anilines is 1. The number of likely N-dealkylation sites (N-methyl/N-ethyl adjacent to an activating group) is 1. The molecule has 2 saturated heterocycles. The molecule has 3 heterocycles. The van der Waals surface area contributed by atoms with Crippen LogP contribution in [-0.2, 0) is 35.0 Å². The van der Waals surface area contributed by atoms with Crippen LogP contribution in [0.15, 0.2) is 35.9 Å². The van der Waals surface area contributed by atoms with Gasteiger partial charge < -0.3 is 33.7 Å². The van der Waals surface area contributed by atoms with Crippen molar-refractivity contribution >= 4 is 35.3 Å². The highest BCUT2D eigenvalue weighted by Crippen LogP contribution is 2.49. The molecule has 0 spiro atoms. The van der Waals surface area contributed by atoms with Gasteiger partial charge in [-0.1, -0.05) is 42.3 Å². The number of benzene rings is 1. The lowest BCUT2D eigenvalue weighted by Crippen LogP contribution is -2.63. The molecule has 2 amide bonds. The van der Waals surface area contributed by atoms with Crippen molar-refractivity contribution in [2.75, 3.05) is 33.2 Å². The number of methoxy groups -OCH3 is 2. The van der Waals surface area contributed by atoms with E-state index in [2.05, 4.69) is 5.32 Å². The predicted octanol–water partition coefficient (Wildman–Crippen LogP) is 4.40. The number of ether oxygens (including phenoxy) is 5. The van der Waals surface area contributed by atoms with Crippen molar-refractivity contribution in [3.05, 3.63) is 46.5 Å². The minimum absolute atomic E-state index is 0.00609. The summed E-state index contributed by atoms with van der Waals surface area (Å²) in [5.74, 6) is -0.920. The van der Waals surface area contributed by atoms with Crippen LogP contribution in [0, 0.1) is 5.92 Å². The zero-order valence-corrected chi connectivity index (χ0v) is 30.3. The van der Waals surface area contributed by atoms with Gasteiger partial charge in [0.15, 0.2) is 5.72 Å². The summed E-state index contributed by atoms with van der Waals surface area (Å²) in [6, 6.07) is 3.11. The lowest BCUT2D eigenvalue weighted by molar-refractivity contribution is -0.159. The van der Waals surface area contributed by atoms with Crippen molar-refractivity contribution in [2.45, 2.75) is 109 Å². The number of nitrogens with zero attached hydrogens (tertiary/aromatic N) is 2. The highest BCUT2D eigenvalue weighted by Gasteiger charge is 2.64. The largest absolute Gasteiger partial charge is 0.495 e. The molecular weight excluding hydrogens is 642 g/mol. The van der Waals surface area contributed by atoms with Crippen LogP contribution in [-0.4, -0.2) is 104 Å². The Kier molecular flexibility index (Phi) is 11.6. The molecular formula is C35H50ClN3O9. The number of amides is 2. The average Bonchev–Trinajstić information content (AvgIpc) is 3.73. The normalized spacial score (nSPS) is 33.6. The van der Waals surface area contributed by atoms with Crippen LogP contribution < -0.4 is 15.0 Å². The van der Waals surface area contributed by atoms with Crippen LogP contribution >= 0.6 is 11.6 Å². The van der Waals surface area contributed by atoms with E-state index >= 15 is 0 Å². The Labute approximate surface area is 288 Å². The molecule has 12 nitrogen and oxygen atoms in total. The lowest BCUT2D eigenvalue weighted by Gasteiger charge is -2.42. The quantitative estimate of drug-likeness (QED) is 0.326. The van der Waals surface area contributed by atoms with Gasteiger partial charge in [0, 0.05) is 32.5 Å². The standard InChI is InChI=1S/C35H50ClN3O9/c1-19(2)38(7)22(5)32(41)47-28-17-29(40)39(8)24-15-23(16-25(44-9)30(24)36)14-20(3)12-11-13-27(45-10)35(43)18-26(46-33(42)37-35)21(4)31-34(28,6)48-31/h11-13,15-16,19,21-22,26-28,31,43H,14,17-18H2,1-10H3,(H,37,42)/b13-11+,20-12+/t21-,22+,26?,27-,28+,31+,34+,35+/m1/s1. The number of hydrogen-bond donors (Lipinski definition) is 2. The van der Waals surface area contributed by atoms with E-state index in [1.807, 2.05) is 57.9 Å². The highest BCUT2D eigenvalue weighted by atomic mass is 35.5. The maximum Gasteiger partial charge on any atom is 0.409 e. The molecule has 13 heteroatoms. The van der Waals surface area contributed by atoms with E-state index in [1.165, 1.54) is 19.1 Å². The molecule has 3 aliphatic rings. The summed E-state index contributed by atoms with van der Waals surface area (Å²) < 4.78 is 29.2. The summed E-state index contributed by atoms with van der Waals surface area (Å²) in [6.07, 6.45) is 1.52. The van der Waals surface area contributed by atoms with E-state index in [9.17, 15) is 19.5 Å². The fraction of sp³-hybridized carbons (Fsp3) is 0.629. The third-order valence-corrected chi connectivity index (χ3v) is 10.4. The van der Waals surface area contributed by atoms with Crippen LogP contribution in [0.2, 0.25) is 5.02 Å². The molecule has 4 rings (SSSR count). The second-order valence-electron chi connectivity index (χ2n) is 13.7. The number of alkyl carbamates (subject to hydrolysis) is 1. The van der Waals surface area contributed by atoms with Crippen LogP contribution in [0.4, 0.5) is 10.5 Å². The zero-order valence-electron chi connectivity index (χ0n) is 29.5. The number of halogens is 1. The molecule has 4 bridgehead atoms. The molecule has 266 valence electrons. The summed E-state index contributed by atoms with van der Waals surface area (Å²) in [4.78, 5) is 43.6. The summed E-state index contributed by atoms with van der Waals surface area (Å²) in [7, 11) is 6.41. The Bertz CT molecular complexity index is 1450. The number of carbonyl (C=O) groups is 3. The summed E-state index contributed by atoms with van der Waals surface area (Å²) in [5, 5.41) is 14.5. The van der Waals surface area contributed by atoms with Crippen LogP contribution in [0.25, 0.3) is 0 Å². The van der Waals surface area contributed by atoms with Crippen molar-refractivity contribution in [3.8, 4) is 5.75 Å². The number of rotatable bonds is 6. The van der Waals surface area contributed by atoms with E-state index in [0.717, 1.165) is 11.1 Å². The van der Waals surface area contributed by atoms with Crippen molar-refractivity contribution in [1.82, 2.24) is 10.2 Å². The van der Waals surface area contributed by atoms with Gasteiger partial charge in [0.25, 0.3) is 0 Å². The Balaban J connectivity index is 1.79. The van der Waals surface area contributed by atoms with Gasteiger partial charge in [-0.15, -0.1) is 0 Å². The molecule has 0 saturated carbocycles. The summed E-state index contributed by atoms with van der Waals surface area (Å²) in [6.45, 7) is 11.2. The topological polar surface area (TPSA) is 139 Å². The second kappa shape index (κ2) is 14.8. The van der Waals surface area contributed by atoms with Crippen LogP contribution in [0.3, 0.4) is 0 Å². The highest BCUT2D eigenvalue weighted by molar-refractivity contribution is 6.35. The first-order valence-electron chi connectivity index (χ1n) is 16.3. The van der Waals surface area contributed by atoms with Crippen LogP contribution in [0.5, 0.6) is 5.75 Å². The van der Waals surface area contributed by atoms with Gasteiger partial charge in [-0.05, 0) is 65.8 Å². The molecule has 0 radical (unpaired) electrons. The van der Waals surface area contributed by atoms with Gasteiger partial charge in [0.05, 0.1) is 25.3 Å². The van der Waals surface area contributed by atoms with Gasteiger partial charge in [-0.25, -0.2) is 4.79 Å². The maximum atomic E-state index is 14.0. The Morgan fingerprint density at radius 2 is 1.92 bits per heavy atom. The van der Waals surface area contributed by atoms with Gasteiger partial charge in [-0.3, -0.25) is 19.8 Å². The number of aliphatic hydroxyl groups is 1. The first kappa shape index (κ1) is 37.7. The molecule has 1 aromatic rings. The number of fused-ring (bicyclic) bond motifs is 5. The van der Waals surface area contributed by atoms with Crippen molar-refractivity contribution < 1.29 is 43.2 Å². The number of allylic oxidation sites excluding steroid dienone is 3. The molecule has 0 aliphatic carbocycles. The number of esters is 1. The molecule has 0 aromatic heterocycles. The molecule has 1 unspecified atom stereocenters. The minimum atomic E-state index is -1.78. The van der Waals surface area contributed by atoms with Crippen molar-refractivity contribution in [1.29, 1.82) is 0 Å². The average molecular weight is 692 g/mol. The number of epoxide rings is 1. The van der Waals surface area contributed by atoms with E-state index < -0.39 is 59.8 Å². The van der Waals surface area contributed by atoms with E-state index in [1.54, 1.807) is 33.0 Å². The van der Waals surface area contributed by atoms with Gasteiger partial charge in [0.2, 0.25) is 5.91 Å². The fourth-order valence-electron chi connectivity index (χ4n) is 6.46. The van der Waals surface area contributed by atoms with Crippen molar-refractivity contribution in [3.63, 3.8) is 0 Å². The number of nitrogens with one attached hydrogen (secondary N) is 1. The maximum absolute atomic E-state index is 14.0. The van der Waals surface area contributed by atoms with E-state index in [-0.39, 0.29) is 29.8 Å². The second-order valence-corrected chi connectivity index (χ2v) is 14.0. The lowest BCUT2D eigenvalue weighted by atomic mass is 9.83. The van der Waals surface area contributed by atoms with Gasteiger partial charge >= 0.3 is 12.1 Å². The van der Waals surface area contributed by atoms with Crippen LogP contribution in [0.1, 0.15) is 59.9 Å². The molecule has 1 aromatic carbocycles. The Morgan fingerprint density at radius 1 is 1.23 bits per heavy atom. The third-order valence-electron chi connectivity index (χ3n) is 9.98. The Hall–Kier alpha value is -3.16. The SMILES string of the molecule is COc1cc2cc(c1Cl)N(C)C(=O)C[C@H](OC(=O)[C@H](C)N(C)C(C)C)[C@]1(C)O[C@H]1[C@H](C)C1C[C@@](O)(NC(=O)O1)[C@H](OC)/C=C/C=C(\C)C2. The van der Waals surface area contributed by atoms with Crippen molar-refractivity contribution in [2.24, 2.45) is 5.92 Å². The van der Waals surface area contributed by atoms with Gasteiger partial charge in [0.1, 0.15) is 40.7 Å². The molecule has 2 N–H and O–H groups in total. The molecule has 2 fully saturated rings. The Morgan fingerprint density at radius 3 is 2.54 bits per heavy atom. The third kappa shape index (κ3) is 7.83. The monoisotopic (exact) mass is 691 g/mol. The molecule has 8 atom stereocenters. The number of carbonyl (C=O) groups excluding carboxylic acids is 3. The molecule has 3 aliphatic heterocycles. The van der Waals surface area contributed by atoms with E-state index in [0.29, 0.717) is 17.9 Å². The first-order valence-corrected chi connectivity index (χ1v) is 16.6. The van der Waals surface area contributed by atoms with E-state index in [4.69, 9.17) is 35.3 Å². The predicted molar refractivity (Wildman–Crippen MR) is 181 cm³/mol. The first-order chi connectivity index (χ1) is 22.4. The minimum Gasteiger partial charge on any atom is -0.495 e. The summed E-state index contributed by atoms with van der Waals surface area (Å²) in [5.41, 5.74) is -0.654. The molecule has 48 heavy (non-hydrogen) atoms. The van der Waals surface area contributed by atoms with Gasteiger partial charge in [-0.2, -0.15) is 0 Å². The smallest absolute Gasteiger partial charge is 0.409 e. The summed E-state index contributed by atoms with van der Waals surface area (Å²) >= 11 is 6.74.